The van der Waals surface area contributed by atoms with E-state index in [0.29, 0.717) is 44.0 Å². The molecule has 2 rings (SSSR count). The van der Waals surface area contributed by atoms with Crippen molar-refractivity contribution in [2.45, 2.75) is 25.2 Å². The second-order valence-electron chi connectivity index (χ2n) is 6.61. The van der Waals surface area contributed by atoms with Gasteiger partial charge in [-0.15, -0.1) is 0 Å². The van der Waals surface area contributed by atoms with Crippen LogP contribution < -0.4 is 0 Å². The predicted molar refractivity (Wildman–Crippen MR) is 94.4 cm³/mol. The van der Waals surface area contributed by atoms with Crippen LogP contribution in [-0.4, -0.2) is 75.2 Å². The van der Waals surface area contributed by atoms with E-state index in [1.54, 1.807) is 11.0 Å². The zero-order valence-corrected chi connectivity index (χ0v) is 15.8. The number of sulfonamides is 1. The highest BCUT2D eigenvalue weighted by molar-refractivity contribution is 7.89. The zero-order valence-electron chi connectivity index (χ0n) is 14.9. The van der Waals surface area contributed by atoms with Crippen LogP contribution in [0.15, 0.2) is 23.1 Å². The van der Waals surface area contributed by atoms with Gasteiger partial charge >= 0.3 is 0 Å². The highest BCUT2D eigenvalue weighted by Crippen LogP contribution is 2.22. The molecule has 24 heavy (non-hydrogen) atoms. The van der Waals surface area contributed by atoms with Gasteiger partial charge in [-0.1, -0.05) is 12.1 Å². The molecule has 134 valence electrons. The predicted octanol–water partition coefficient (Wildman–Crippen LogP) is 1.09. The summed E-state index contributed by atoms with van der Waals surface area (Å²) in [5.41, 5.74) is 1.68. The maximum Gasteiger partial charge on any atom is 0.243 e. The lowest BCUT2D eigenvalue weighted by Crippen LogP contribution is -2.50. The summed E-state index contributed by atoms with van der Waals surface area (Å²) in [4.78, 5) is 16.3. The molecule has 0 aromatic heterocycles. The molecule has 0 radical (unpaired) electrons. The van der Waals surface area contributed by atoms with Crippen LogP contribution in [0.4, 0.5) is 0 Å². The Morgan fingerprint density at radius 2 is 1.75 bits per heavy atom. The van der Waals surface area contributed by atoms with Gasteiger partial charge in [0.15, 0.2) is 0 Å². The van der Waals surface area contributed by atoms with Gasteiger partial charge in [-0.2, -0.15) is 4.31 Å². The minimum absolute atomic E-state index is 0.0903. The Bertz CT molecular complexity index is 693. The van der Waals surface area contributed by atoms with Gasteiger partial charge in [0.1, 0.15) is 0 Å². The Morgan fingerprint density at radius 3 is 2.33 bits per heavy atom. The normalized spacial score (nSPS) is 16.6. The molecule has 0 aliphatic carbocycles. The number of piperazine rings is 1. The highest BCUT2D eigenvalue weighted by atomic mass is 32.2. The van der Waals surface area contributed by atoms with Crippen molar-refractivity contribution in [2.24, 2.45) is 0 Å². The first-order chi connectivity index (χ1) is 11.2. The van der Waals surface area contributed by atoms with E-state index in [-0.39, 0.29) is 5.91 Å². The lowest BCUT2D eigenvalue weighted by molar-refractivity contribution is -0.132. The van der Waals surface area contributed by atoms with E-state index in [1.807, 2.05) is 45.0 Å². The molecule has 7 heteroatoms. The summed E-state index contributed by atoms with van der Waals surface area (Å²) in [6.45, 7) is 6.02. The molecule has 0 spiro atoms. The lowest BCUT2D eigenvalue weighted by Gasteiger charge is -2.34. The van der Waals surface area contributed by atoms with Crippen LogP contribution in [0.5, 0.6) is 0 Å². The van der Waals surface area contributed by atoms with E-state index in [4.69, 9.17) is 0 Å². The monoisotopic (exact) mass is 353 g/mol. The summed E-state index contributed by atoms with van der Waals surface area (Å²) in [7, 11) is 0.362. The van der Waals surface area contributed by atoms with Gasteiger partial charge < -0.3 is 9.80 Å². The van der Waals surface area contributed by atoms with Crippen molar-refractivity contribution in [3.63, 3.8) is 0 Å². The molecule has 0 atom stereocenters. The first-order valence-electron chi connectivity index (χ1n) is 8.21. The van der Waals surface area contributed by atoms with Crippen LogP contribution in [0, 0.1) is 13.8 Å². The highest BCUT2D eigenvalue weighted by Gasteiger charge is 2.30. The Labute approximate surface area is 145 Å². The molecule has 1 saturated heterocycles. The molecule has 1 aromatic rings. The molecule has 0 N–H and O–H groups in total. The third kappa shape index (κ3) is 4.34. The first kappa shape index (κ1) is 18.9. The third-order valence-electron chi connectivity index (χ3n) is 4.33. The molecular weight excluding hydrogens is 326 g/mol. The number of hydrogen-bond donors (Lipinski definition) is 0. The Hall–Kier alpha value is -1.44. The quantitative estimate of drug-likeness (QED) is 0.795. The molecule has 1 aromatic carbocycles. The molecule has 1 amide bonds. The van der Waals surface area contributed by atoms with Gasteiger partial charge in [0, 0.05) is 39.1 Å². The number of rotatable bonds is 5. The first-order valence-corrected chi connectivity index (χ1v) is 9.65. The van der Waals surface area contributed by atoms with Gasteiger partial charge in [0.25, 0.3) is 0 Å². The van der Waals surface area contributed by atoms with E-state index < -0.39 is 10.0 Å². The standard InChI is InChI=1S/C17H27N3O3S/c1-14-5-6-15(2)16(13-14)24(22,23)20-11-9-19(10-12-20)17(21)7-8-18(3)4/h5-6,13H,7-12H2,1-4H3. The van der Waals surface area contributed by atoms with Crippen LogP contribution >= 0.6 is 0 Å². The van der Waals surface area contributed by atoms with Crippen LogP contribution in [0.1, 0.15) is 17.5 Å². The molecular formula is C17H27N3O3S. The van der Waals surface area contributed by atoms with Crippen molar-refractivity contribution in [3.05, 3.63) is 29.3 Å². The summed E-state index contributed by atoms with van der Waals surface area (Å²) in [6.07, 6.45) is 0.469. The fourth-order valence-corrected chi connectivity index (χ4v) is 4.51. The van der Waals surface area contributed by atoms with Crippen molar-refractivity contribution < 1.29 is 13.2 Å². The van der Waals surface area contributed by atoms with E-state index in [1.165, 1.54) is 4.31 Å². The average Bonchev–Trinajstić information content (AvgIpc) is 2.54. The number of hydrogen-bond acceptors (Lipinski definition) is 4. The van der Waals surface area contributed by atoms with Crippen molar-refractivity contribution in [2.75, 3.05) is 46.8 Å². The summed E-state index contributed by atoms with van der Waals surface area (Å²) in [6, 6.07) is 5.47. The maximum absolute atomic E-state index is 12.9. The van der Waals surface area contributed by atoms with Crippen molar-refractivity contribution in [1.29, 1.82) is 0 Å². The number of carbonyl (C=O) groups excluding carboxylic acids is 1. The minimum Gasteiger partial charge on any atom is -0.340 e. The summed E-state index contributed by atoms with van der Waals surface area (Å²) in [5, 5.41) is 0. The molecule has 1 heterocycles. The van der Waals surface area contributed by atoms with E-state index in [2.05, 4.69) is 0 Å². The number of nitrogens with zero attached hydrogens (tertiary/aromatic N) is 3. The molecule has 0 unspecified atom stereocenters. The van der Waals surface area contributed by atoms with Gasteiger partial charge in [-0.25, -0.2) is 8.42 Å². The fraction of sp³-hybridized carbons (Fsp3) is 0.588. The Balaban J connectivity index is 2.03. The topological polar surface area (TPSA) is 60.9 Å². The largest absolute Gasteiger partial charge is 0.340 e. The molecule has 1 aliphatic rings. The van der Waals surface area contributed by atoms with Crippen LogP contribution in [-0.2, 0) is 14.8 Å². The maximum atomic E-state index is 12.9. The number of benzene rings is 1. The minimum atomic E-state index is -3.50. The smallest absolute Gasteiger partial charge is 0.243 e. The van der Waals surface area contributed by atoms with Crippen LogP contribution in [0.25, 0.3) is 0 Å². The summed E-state index contributed by atoms with van der Waals surface area (Å²) in [5.74, 6) is 0.0903. The van der Waals surface area contributed by atoms with Crippen molar-refractivity contribution >= 4 is 15.9 Å². The Kier molecular flexibility index (Phi) is 6.01. The van der Waals surface area contributed by atoms with E-state index >= 15 is 0 Å². The van der Waals surface area contributed by atoms with E-state index in [0.717, 1.165) is 11.1 Å². The number of carbonyl (C=O) groups is 1. The number of amides is 1. The van der Waals surface area contributed by atoms with Gasteiger partial charge in [0.2, 0.25) is 15.9 Å². The summed E-state index contributed by atoms with van der Waals surface area (Å²) < 4.78 is 27.2. The average molecular weight is 353 g/mol. The summed E-state index contributed by atoms with van der Waals surface area (Å²) >= 11 is 0. The van der Waals surface area contributed by atoms with Gasteiger partial charge in [-0.3, -0.25) is 4.79 Å². The SMILES string of the molecule is Cc1ccc(C)c(S(=O)(=O)N2CCN(C(=O)CCN(C)C)CC2)c1. The van der Waals surface area contributed by atoms with Crippen LogP contribution in [0.2, 0.25) is 0 Å². The van der Waals surface area contributed by atoms with E-state index in [9.17, 15) is 13.2 Å². The van der Waals surface area contributed by atoms with Crippen LogP contribution in [0.3, 0.4) is 0 Å². The lowest BCUT2D eigenvalue weighted by atomic mass is 10.2. The molecule has 1 aliphatic heterocycles. The van der Waals surface area contributed by atoms with Crippen molar-refractivity contribution in [1.82, 2.24) is 14.1 Å². The second-order valence-corrected chi connectivity index (χ2v) is 8.51. The molecule has 6 nitrogen and oxygen atoms in total. The second kappa shape index (κ2) is 7.63. The van der Waals surface area contributed by atoms with Gasteiger partial charge in [0.05, 0.1) is 4.90 Å². The molecule has 0 saturated carbocycles. The molecule has 0 bridgehead atoms. The van der Waals surface area contributed by atoms with Gasteiger partial charge in [-0.05, 0) is 45.1 Å². The fourth-order valence-electron chi connectivity index (χ4n) is 2.78. The Morgan fingerprint density at radius 1 is 1.12 bits per heavy atom. The molecule has 1 fully saturated rings. The number of aryl methyl sites for hydroxylation is 2. The third-order valence-corrected chi connectivity index (χ3v) is 6.37. The van der Waals surface area contributed by atoms with Crippen molar-refractivity contribution in [3.8, 4) is 0 Å². The zero-order chi connectivity index (χ0) is 17.9.